The number of alkyl halides is 1. The lowest BCUT2D eigenvalue weighted by molar-refractivity contribution is 0.418. The Balaban J connectivity index is 2.09. The van der Waals surface area contributed by atoms with E-state index in [0.717, 1.165) is 13.0 Å². The summed E-state index contributed by atoms with van der Waals surface area (Å²) in [7, 11) is 0. The summed E-state index contributed by atoms with van der Waals surface area (Å²) >= 11 is 7.71. The summed E-state index contributed by atoms with van der Waals surface area (Å²) in [6, 6.07) is 0.665. The van der Waals surface area contributed by atoms with Crippen LogP contribution in [0.5, 0.6) is 0 Å². The van der Waals surface area contributed by atoms with E-state index in [4.69, 9.17) is 16.6 Å². The van der Waals surface area contributed by atoms with Gasteiger partial charge in [-0.1, -0.05) is 26.2 Å². The van der Waals surface area contributed by atoms with E-state index in [-0.39, 0.29) is 0 Å². The molecule has 1 fully saturated rings. The number of aromatic nitrogens is 1. The van der Waals surface area contributed by atoms with Crippen molar-refractivity contribution in [3.8, 4) is 0 Å². The number of thiazole rings is 1. The van der Waals surface area contributed by atoms with Crippen LogP contribution in [0.2, 0.25) is 0 Å². The first-order valence-corrected chi connectivity index (χ1v) is 8.03. The molecule has 0 amide bonds. The summed E-state index contributed by atoms with van der Waals surface area (Å²) in [6.07, 6.45) is 7.74. The maximum absolute atomic E-state index is 5.94. The number of hydrogen-bond donors (Lipinski definition) is 0. The first kappa shape index (κ1) is 13.2. The minimum absolute atomic E-state index is 0.665. The third-order valence-corrected chi connectivity index (χ3v) is 4.58. The van der Waals surface area contributed by atoms with Crippen molar-refractivity contribution in [3.05, 3.63) is 11.1 Å². The Morgan fingerprint density at radius 2 is 2.18 bits per heavy atom. The fourth-order valence-electron chi connectivity index (χ4n) is 2.51. The smallest absolute Gasteiger partial charge is 0.185 e. The fraction of sp³-hybridized carbons (Fsp3) is 0.769. The largest absolute Gasteiger partial charge is 0.344 e. The summed E-state index contributed by atoms with van der Waals surface area (Å²) in [4.78, 5) is 7.15. The van der Waals surface area contributed by atoms with Crippen molar-refractivity contribution in [2.75, 3.05) is 17.3 Å². The SMILES string of the molecule is CCc1csc(N(CCCl)C2CCCCC2)n1. The van der Waals surface area contributed by atoms with Crippen molar-refractivity contribution in [1.82, 2.24) is 4.98 Å². The third kappa shape index (κ3) is 3.35. The number of anilines is 1. The van der Waals surface area contributed by atoms with E-state index in [1.807, 2.05) is 0 Å². The van der Waals surface area contributed by atoms with Crippen LogP contribution in [0.4, 0.5) is 5.13 Å². The van der Waals surface area contributed by atoms with Crippen LogP contribution in [-0.2, 0) is 6.42 Å². The molecule has 0 aliphatic heterocycles. The zero-order valence-electron chi connectivity index (χ0n) is 10.5. The highest BCUT2D eigenvalue weighted by Gasteiger charge is 2.22. The second kappa shape index (κ2) is 6.60. The van der Waals surface area contributed by atoms with Crippen molar-refractivity contribution in [1.29, 1.82) is 0 Å². The molecule has 0 bridgehead atoms. The van der Waals surface area contributed by atoms with Gasteiger partial charge in [0.25, 0.3) is 0 Å². The monoisotopic (exact) mass is 272 g/mol. The number of aryl methyl sites for hydroxylation is 1. The molecule has 0 spiro atoms. The van der Waals surface area contributed by atoms with E-state index >= 15 is 0 Å². The van der Waals surface area contributed by atoms with Gasteiger partial charge in [0.2, 0.25) is 0 Å². The predicted octanol–water partition coefficient (Wildman–Crippen LogP) is 4.08. The van der Waals surface area contributed by atoms with Crippen LogP contribution in [0, 0.1) is 0 Å². The molecule has 17 heavy (non-hydrogen) atoms. The molecule has 1 aliphatic carbocycles. The summed E-state index contributed by atoms with van der Waals surface area (Å²) in [5, 5.41) is 3.36. The Morgan fingerprint density at radius 3 is 2.76 bits per heavy atom. The Labute approximate surface area is 113 Å². The standard InChI is InChI=1S/C13H21ClN2S/c1-2-11-10-17-13(15-11)16(9-8-14)12-6-4-3-5-7-12/h10,12H,2-9H2,1H3. The highest BCUT2D eigenvalue weighted by Crippen LogP contribution is 2.29. The second-order valence-corrected chi connectivity index (χ2v) is 5.86. The van der Waals surface area contributed by atoms with Gasteiger partial charge in [-0.25, -0.2) is 4.98 Å². The molecule has 1 aromatic rings. The van der Waals surface area contributed by atoms with E-state index in [1.54, 1.807) is 11.3 Å². The van der Waals surface area contributed by atoms with E-state index in [1.165, 1.54) is 42.9 Å². The first-order valence-electron chi connectivity index (χ1n) is 6.62. The van der Waals surface area contributed by atoms with Gasteiger partial charge >= 0.3 is 0 Å². The van der Waals surface area contributed by atoms with Gasteiger partial charge in [0.15, 0.2) is 5.13 Å². The minimum atomic E-state index is 0.665. The average molecular weight is 273 g/mol. The van der Waals surface area contributed by atoms with Crippen molar-refractivity contribution < 1.29 is 0 Å². The molecule has 0 N–H and O–H groups in total. The van der Waals surface area contributed by atoms with Crippen molar-refractivity contribution >= 4 is 28.1 Å². The molecule has 0 unspecified atom stereocenters. The van der Waals surface area contributed by atoms with Crippen LogP contribution in [-0.4, -0.2) is 23.5 Å². The van der Waals surface area contributed by atoms with Gasteiger partial charge in [0.1, 0.15) is 0 Å². The van der Waals surface area contributed by atoms with Crippen LogP contribution < -0.4 is 4.90 Å². The number of halogens is 1. The Kier molecular flexibility index (Phi) is 5.11. The van der Waals surface area contributed by atoms with Crippen molar-refractivity contribution in [3.63, 3.8) is 0 Å². The zero-order chi connectivity index (χ0) is 12.1. The van der Waals surface area contributed by atoms with Gasteiger partial charge in [-0.05, 0) is 19.3 Å². The topological polar surface area (TPSA) is 16.1 Å². The maximum Gasteiger partial charge on any atom is 0.185 e. The molecule has 2 rings (SSSR count). The lowest BCUT2D eigenvalue weighted by atomic mass is 9.94. The van der Waals surface area contributed by atoms with Crippen LogP contribution in [0.25, 0.3) is 0 Å². The van der Waals surface area contributed by atoms with E-state index in [0.29, 0.717) is 11.9 Å². The molecule has 1 aromatic heterocycles. The molecule has 0 atom stereocenters. The fourth-order valence-corrected chi connectivity index (χ4v) is 3.70. The Morgan fingerprint density at radius 1 is 1.41 bits per heavy atom. The van der Waals surface area contributed by atoms with Crippen molar-refractivity contribution in [2.45, 2.75) is 51.5 Å². The molecule has 1 aliphatic rings. The van der Waals surface area contributed by atoms with Gasteiger partial charge in [-0.2, -0.15) is 0 Å². The molecule has 0 saturated heterocycles. The summed E-state index contributed by atoms with van der Waals surface area (Å²) in [5.41, 5.74) is 1.21. The molecule has 2 nitrogen and oxygen atoms in total. The number of rotatable bonds is 5. The van der Waals surface area contributed by atoms with Crippen LogP contribution in [0.1, 0.15) is 44.7 Å². The summed E-state index contributed by atoms with van der Waals surface area (Å²) in [5.74, 6) is 0.692. The highest BCUT2D eigenvalue weighted by molar-refractivity contribution is 7.13. The molecule has 1 saturated carbocycles. The zero-order valence-corrected chi connectivity index (χ0v) is 12.1. The highest BCUT2D eigenvalue weighted by atomic mass is 35.5. The Hall–Kier alpha value is -0.280. The van der Waals surface area contributed by atoms with Crippen molar-refractivity contribution in [2.24, 2.45) is 0 Å². The van der Waals surface area contributed by atoms with Crippen LogP contribution in [0.15, 0.2) is 5.38 Å². The lowest BCUT2D eigenvalue weighted by Gasteiger charge is -2.33. The lowest BCUT2D eigenvalue weighted by Crippen LogP contribution is -2.38. The molecule has 96 valence electrons. The number of nitrogens with zero attached hydrogens (tertiary/aromatic N) is 2. The predicted molar refractivity (Wildman–Crippen MR) is 76.4 cm³/mol. The normalized spacial score (nSPS) is 17.3. The van der Waals surface area contributed by atoms with Gasteiger partial charge < -0.3 is 4.90 Å². The third-order valence-electron chi connectivity index (χ3n) is 3.49. The number of hydrogen-bond acceptors (Lipinski definition) is 3. The quantitative estimate of drug-likeness (QED) is 0.751. The molecule has 4 heteroatoms. The van der Waals surface area contributed by atoms with E-state index in [2.05, 4.69) is 17.2 Å². The first-order chi connectivity index (χ1) is 8.35. The maximum atomic E-state index is 5.94. The molecule has 0 radical (unpaired) electrons. The molecular weight excluding hydrogens is 252 g/mol. The molecule has 1 heterocycles. The summed E-state index contributed by atoms with van der Waals surface area (Å²) < 4.78 is 0. The summed E-state index contributed by atoms with van der Waals surface area (Å²) in [6.45, 7) is 3.09. The van der Waals surface area contributed by atoms with Gasteiger partial charge in [-0.15, -0.1) is 22.9 Å². The van der Waals surface area contributed by atoms with Crippen LogP contribution in [0.3, 0.4) is 0 Å². The Bertz CT molecular complexity index is 334. The molecular formula is C13H21ClN2S. The van der Waals surface area contributed by atoms with E-state index < -0.39 is 0 Å². The second-order valence-electron chi connectivity index (χ2n) is 4.65. The van der Waals surface area contributed by atoms with Gasteiger partial charge in [0.05, 0.1) is 5.69 Å². The molecule has 0 aromatic carbocycles. The van der Waals surface area contributed by atoms with E-state index in [9.17, 15) is 0 Å². The average Bonchev–Trinajstić information content (AvgIpc) is 2.85. The van der Waals surface area contributed by atoms with Gasteiger partial charge in [0, 0.05) is 23.8 Å². The van der Waals surface area contributed by atoms with Crippen LogP contribution >= 0.6 is 22.9 Å². The minimum Gasteiger partial charge on any atom is -0.344 e. The van der Waals surface area contributed by atoms with Gasteiger partial charge in [-0.3, -0.25) is 0 Å².